The second kappa shape index (κ2) is 7.38. The van der Waals surface area contributed by atoms with Crippen LogP contribution in [0, 0.1) is 0 Å². The summed E-state index contributed by atoms with van der Waals surface area (Å²) in [6, 6.07) is 8.75. The Kier molecular flexibility index (Phi) is 5.53. The molecule has 0 aromatic heterocycles. The van der Waals surface area contributed by atoms with Crippen LogP contribution in [0.2, 0.25) is 0 Å². The van der Waals surface area contributed by atoms with Gasteiger partial charge in [0, 0.05) is 18.7 Å². The highest BCUT2D eigenvalue weighted by molar-refractivity contribution is 5.85. The monoisotopic (exact) mass is 288 g/mol. The van der Waals surface area contributed by atoms with Gasteiger partial charge < -0.3 is 10.0 Å². The summed E-state index contributed by atoms with van der Waals surface area (Å²) < 4.78 is 0. The van der Waals surface area contributed by atoms with Gasteiger partial charge in [0.05, 0.1) is 0 Å². The van der Waals surface area contributed by atoms with Gasteiger partial charge in [-0.2, -0.15) is 0 Å². The number of piperidine rings is 1. The second-order valence-electron chi connectivity index (χ2n) is 5.86. The fourth-order valence-corrected chi connectivity index (χ4v) is 2.75. The summed E-state index contributed by atoms with van der Waals surface area (Å²) in [5, 5.41) is 8.61. The number of likely N-dealkylation sites (tertiary alicyclic amines) is 1. The molecule has 1 aromatic carbocycles. The average molecular weight is 288 g/mol. The van der Waals surface area contributed by atoms with Crippen molar-refractivity contribution in [3.8, 4) is 0 Å². The first-order valence-corrected chi connectivity index (χ1v) is 7.43. The number of benzene rings is 1. The maximum Gasteiger partial charge on any atom is 0.328 e. The van der Waals surface area contributed by atoms with Crippen molar-refractivity contribution in [2.45, 2.75) is 25.4 Å². The van der Waals surface area contributed by atoms with Crippen molar-refractivity contribution in [1.82, 2.24) is 9.80 Å². The van der Waals surface area contributed by atoms with Gasteiger partial charge in [-0.1, -0.05) is 24.3 Å². The third-order valence-corrected chi connectivity index (χ3v) is 4.14. The molecule has 4 heteroatoms. The number of rotatable bonds is 5. The second-order valence-corrected chi connectivity index (χ2v) is 5.86. The lowest BCUT2D eigenvalue weighted by atomic mass is 10.0. The number of hydrogen-bond acceptors (Lipinski definition) is 3. The maximum atomic E-state index is 10.5. The number of nitrogens with zero attached hydrogens (tertiary/aromatic N) is 2. The van der Waals surface area contributed by atoms with E-state index < -0.39 is 5.97 Å². The summed E-state index contributed by atoms with van der Waals surface area (Å²) in [6.45, 7) is 3.29. The van der Waals surface area contributed by atoms with E-state index in [0.29, 0.717) is 6.04 Å². The van der Waals surface area contributed by atoms with Crippen molar-refractivity contribution < 1.29 is 9.90 Å². The van der Waals surface area contributed by atoms with Gasteiger partial charge in [0.2, 0.25) is 0 Å². The van der Waals surface area contributed by atoms with Crippen LogP contribution in [0.3, 0.4) is 0 Å². The van der Waals surface area contributed by atoms with E-state index in [1.54, 1.807) is 6.08 Å². The molecule has 1 heterocycles. The number of hydrogen-bond donors (Lipinski definition) is 1. The van der Waals surface area contributed by atoms with Gasteiger partial charge in [-0.15, -0.1) is 0 Å². The Labute approximate surface area is 126 Å². The SMILES string of the molecule is CN1CCC(N(C)Cc2ccc(C=CC(=O)O)cc2)CC1. The standard InChI is InChI=1S/C17H24N2O2/c1-18-11-9-16(10-12-18)19(2)13-15-5-3-14(4-6-15)7-8-17(20)21/h3-8,16H,9-13H2,1-2H3,(H,20,21). The van der Waals surface area contributed by atoms with E-state index in [4.69, 9.17) is 5.11 Å². The minimum atomic E-state index is -0.916. The summed E-state index contributed by atoms with van der Waals surface area (Å²) in [6.07, 6.45) is 5.24. The lowest BCUT2D eigenvalue weighted by molar-refractivity contribution is -0.131. The molecule has 1 fully saturated rings. The van der Waals surface area contributed by atoms with Gasteiger partial charge in [-0.05, 0) is 57.2 Å². The Bertz CT molecular complexity index is 488. The molecule has 0 saturated carbocycles. The molecule has 1 N–H and O–H groups in total. The van der Waals surface area contributed by atoms with Crippen LogP contribution in [-0.2, 0) is 11.3 Å². The molecule has 2 rings (SSSR count). The van der Waals surface area contributed by atoms with E-state index >= 15 is 0 Å². The van der Waals surface area contributed by atoms with Gasteiger partial charge in [0.25, 0.3) is 0 Å². The molecular weight excluding hydrogens is 264 g/mol. The van der Waals surface area contributed by atoms with E-state index in [0.717, 1.165) is 12.1 Å². The fraction of sp³-hybridized carbons (Fsp3) is 0.471. The summed E-state index contributed by atoms with van der Waals surface area (Å²) in [5.74, 6) is -0.916. The van der Waals surface area contributed by atoms with Gasteiger partial charge in [-0.3, -0.25) is 4.90 Å². The molecule has 1 aliphatic rings. The molecule has 0 atom stereocenters. The highest BCUT2D eigenvalue weighted by Crippen LogP contribution is 2.17. The van der Waals surface area contributed by atoms with Crippen molar-refractivity contribution in [3.63, 3.8) is 0 Å². The first-order valence-electron chi connectivity index (χ1n) is 7.43. The van der Waals surface area contributed by atoms with Crippen LogP contribution in [0.1, 0.15) is 24.0 Å². The number of aliphatic carboxylic acids is 1. The van der Waals surface area contributed by atoms with Crippen molar-refractivity contribution in [3.05, 3.63) is 41.5 Å². The lowest BCUT2D eigenvalue weighted by Gasteiger charge is -2.35. The molecule has 21 heavy (non-hydrogen) atoms. The normalized spacial score (nSPS) is 17.7. The molecule has 0 spiro atoms. The number of carboxylic acid groups (broad SMARTS) is 1. The van der Waals surface area contributed by atoms with Crippen LogP contribution >= 0.6 is 0 Å². The van der Waals surface area contributed by atoms with E-state index in [2.05, 4.69) is 36.0 Å². The van der Waals surface area contributed by atoms with Crippen molar-refractivity contribution in [2.75, 3.05) is 27.2 Å². The maximum absolute atomic E-state index is 10.5. The molecule has 1 saturated heterocycles. The first-order chi connectivity index (χ1) is 10.0. The zero-order valence-electron chi connectivity index (χ0n) is 12.8. The van der Waals surface area contributed by atoms with Crippen LogP contribution in [0.25, 0.3) is 6.08 Å². The largest absolute Gasteiger partial charge is 0.478 e. The Balaban J connectivity index is 1.89. The van der Waals surface area contributed by atoms with Crippen molar-refractivity contribution in [1.29, 1.82) is 0 Å². The third kappa shape index (κ3) is 4.99. The van der Waals surface area contributed by atoms with Crippen LogP contribution < -0.4 is 0 Å². The van der Waals surface area contributed by atoms with Crippen LogP contribution in [0.4, 0.5) is 0 Å². The highest BCUT2D eigenvalue weighted by atomic mass is 16.4. The van der Waals surface area contributed by atoms with Gasteiger partial charge in [0.15, 0.2) is 0 Å². The molecule has 1 aliphatic heterocycles. The number of carbonyl (C=O) groups is 1. The first kappa shape index (κ1) is 15.7. The molecule has 0 aliphatic carbocycles. The van der Waals surface area contributed by atoms with E-state index in [-0.39, 0.29) is 0 Å². The van der Waals surface area contributed by atoms with E-state index in [9.17, 15) is 4.79 Å². The summed E-state index contributed by atoms with van der Waals surface area (Å²) in [7, 11) is 4.37. The smallest absolute Gasteiger partial charge is 0.328 e. The lowest BCUT2D eigenvalue weighted by Crippen LogP contribution is -2.41. The Hall–Kier alpha value is -1.65. The molecular formula is C17H24N2O2. The third-order valence-electron chi connectivity index (χ3n) is 4.14. The topological polar surface area (TPSA) is 43.8 Å². The quantitative estimate of drug-likeness (QED) is 0.845. The molecule has 1 aromatic rings. The predicted molar refractivity (Wildman–Crippen MR) is 85.1 cm³/mol. The zero-order chi connectivity index (χ0) is 15.2. The Morgan fingerprint density at radius 3 is 2.52 bits per heavy atom. The van der Waals surface area contributed by atoms with Crippen molar-refractivity contribution >= 4 is 12.0 Å². The molecule has 0 radical (unpaired) electrons. The highest BCUT2D eigenvalue weighted by Gasteiger charge is 2.20. The molecule has 4 nitrogen and oxygen atoms in total. The molecule has 0 unspecified atom stereocenters. The number of carboxylic acids is 1. The summed E-state index contributed by atoms with van der Waals surface area (Å²) >= 11 is 0. The van der Waals surface area contributed by atoms with Gasteiger partial charge in [-0.25, -0.2) is 4.79 Å². The molecule has 0 bridgehead atoms. The van der Waals surface area contributed by atoms with E-state index in [1.165, 1.54) is 37.6 Å². The Morgan fingerprint density at radius 2 is 1.95 bits per heavy atom. The molecule has 0 amide bonds. The summed E-state index contributed by atoms with van der Waals surface area (Å²) in [5.41, 5.74) is 2.19. The van der Waals surface area contributed by atoms with Crippen molar-refractivity contribution in [2.24, 2.45) is 0 Å². The predicted octanol–water partition coefficient (Wildman–Crippen LogP) is 2.31. The summed E-state index contributed by atoms with van der Waals surface area (Å²) in [4.78, 5) is 15.3. The zero-order valence-corrected chi connectivity index (χ0v) is 12.8. The Morgan fingerprint density at radius 1 is 1.33 bits per heavy atom. The van der Waals surface area contributed by atoms with Gasteiger partial charge >= 0.3 is 5.97 Å². The van der Waals surface area contributed by atoms with Crippen LogP contribution in [0.5, 0.6) is 0 Å². The molecule has 114 valence electrons. The van der Waals surface area contributed by atoms with Crippen LogP contribution in [0.15, 0.2) is 30.3 Å². The minimum absolute atomic E-state index is 0.660. The minimum Gasteiger partial charge on any atom is -0.478 e. The van der Waals surface area contributed by atoms with Crippen LogP contribution in [-0.4, -0.2) is 54.1 Å². The average Bonchev–Trinajstić information content (AvgIpc) is 2.47. The fourth-order valence-electron chi connectivity index (χ4n) is 2.75. The van der Waals surface area contributed by atoms with E-state index in [1.807, 2.05) is 12.1 Å². The van der Waals surface area contributed by atoms with Gasteiger partial charge in [0.1, 0.15) is 0 Å².